The van der Waals surface area contributed by atoms with Crippen molar-refractivity contribution >= 4 is 11.6 Å². The van der Waals surface area contributed by atoms with Crippen LogP contribution in [0.2, 0.25) is 0 Å². The smallest absolute Gasteiger partial charge is 0.258 e. The first-order valence-electron chi connectivity index (χ1n) is 9.92. The van der Waals surface area contributed by atoms with Crippen molar-refractivity contribution in [1.29, 1.82) is 0 Å². The topological polar surface area (TPSA) is 44.8 Å². The van der Waals surface area contributed by atoms with Gasteiger partial charge in [-0.15, -0.1) is 0 Å². The van der Waals surface area contributed by atoms with Crippen molar-refractivity contribution in [2.24, 2.45) is 0 Å². The molecule has 5 nitrogen and oxygen atoms in total. The van der Waals surface area contributed by atoms with Crippen LogP contribution in [-0.2, 0) is 11.3 Å². The van der Waals surface area contributed by atoms with Crippen molar-refractivity contribution < 1.29 is 9.53 Å². The molecular weight excluding hydrogens is 350 g/mol. The van der Waals surface area contributed by atoms with Gasteiger partial charge in [-0.25, -0.2) is 0 Å². The van der Waals surface area contributed by atoms with Crippen molar-refractivity contribution in [3.05, 3.63) is 58.7 Å². The molecule has 0 saturated carbocycles. The number of carbonyl (C=O) groups excluding carboxylic acids is 1. The van der Waals surface area contributed by atoms with Crippen molar-refractivity contribution in [3.8, 4) is 5.75 Å². The molecule has 3 rings (SSSR count). The number of nitrogens with one attached hydrogen (secondary N) is 1. The highest BCUT2D eigenvalue weighted by Crippen LogP contribution is 2.23. The minimum absolute atomic E-state index is 0.0309. The van der Waals surface area contributed by atoms with E-state index < -0.39 is 0 Å². The van der Waals surface area contributed by atoms with Crippen molar-refractivity contribution in [3.63, 3.8) is 0 Å². The number of ether oxygens (including phenoxy) is 1. The fraction of sp³-hybridized carbons (Fsp3) is 0.435. The molecule has 1 heterocycles. The predicted octanol–water partition coefficient (Wildman–Crippen LogP) is 3.06. The van der Waals surface area contributed by atoms with Crippen LogP contribution in [0, 0.1) is 20.8 Å². The second kappa shape index (κ2) is 9.11. The normalized spacial score (nSPS) is 14.8. The summed E-state index contributed by atoms with van der Waals surface area (Å²) >= 11 is 0. The first-order valence-corrected chi connectivity index (χ1v) is 9.92. The number of nitrogens with zero attached hydrogens (tertiary/aromatic N) is 2. The van der Waals surface area contributed by atoms with Gasteiger partial charge in [-0.3, -0.25) is 4.79 Å². The Morgan fingerprint density at radius 3 is 2.39 bits per heavy atom. The standard InChI is InChI=1S/C23H31N3O2/c1-17-13-18(2)19(3)22(14-17)28-16-23(27)24-15-20-5-7-21(8-6-20)26-11-9-25(4)10-12-26/h5-8,13-14H,9-12,15-16H2,1-4H3,(H,24,27). The van der Waals surface area contributed by atoms with E-state index in [2.05, 4.69) is 59.4 Å². The summed E-state index contributed by atoms with van der Waals surface area (Å²) in [5.74, 6) is 0.672. The molecule has 0 aromatic heterocycles. The third-order valence-electron chi connectivity index (χ3n) is 5.42. The first kappa shape index (κ1) is 20.2. The van der Waals surface area contributed by atoms with Gasteiger partial charge in [-0.05, 0) is 68.3 Å². The summed E-state index contributed by atoms with van der Waals surface area (Å²) in [6, 6.07) is 12.6. The van der Waals surface area contributed by atoms with Crippen molar-refractivity contribution in [1.82, 2.24) is 10.2 Å². The number of anilines is 1. The van der Waals surface area contributed by atoms with Crippen LogP contribution in [-0.4, -0.2) is 50.6 Å². The van der Waals surface area contributed by atoms with Crippen LogP contribution in [0.1, 0.15) is 22.3 Å². The Bertz CT molecular complexity index is 809. The predicted molar refractivity (Wildman–Crippen MR) is 114 cm³/mol. The molecule has 1 fully saturated rings. The summed E-state index contributed by atoms with van der Waals surface area (Å²) in [6.07, 6.45) is 0. The lowest BCUT2D eigenvalue weighted by atomic mass is 10.1. The molecule has 150 valence electrons. The number of piperazine rings is 1. The van der Waals surface area contributed by atoms with Gasteiger partial charge in [0.25, 0.3) is 5.91 Å². The number of amides is 1. The van der Waals surface area contributed by atoms with E-state index in [1.165, 1.54) is 11.3 Å². The maximum absolute atomic E-state index is 12.2. The van der Waals surface area contributed by atoms with Crippen molar-refractivity contribution in [2.75, 3.05) is 44.7 Å². The van der Waals surface area contributed by atoms with E-state index in [1.54, 1.807) is 0 Å². The Morgan fingerprint density at radius 2 is 1.71 bits per heavy atom. The zero-order valence-electron chi connectivity index (χ0n) is 17.4. The monoisotopic (exact) mass is 381 g/mol. The second-order valence-electron chi connectivity index (χ2n) is 7.73. The minimum Gasteiger partial charge on any atom is -0.483 e. The number of carbonyl (C=O) groups is 1. The van der Waals surface area contributed by atoms with Crippen LogP contribution in [0.25, 0.3) is 0 Å². The minimum atomic E-state index is -0.110. The average Bonchev–Trinajstić information content (AvgIpc) is 2.69. The lowest BCUT2D eigenvalue weighted by molar-refractivity contribution is -0.123. The third-order valence-corrected chi connectivity index (χ3v) is 5.42. The molecule has 0 unspecified atom stereocenters. The molecule has 2 aromatic carbocycles. The van der Waals surface area contributed by atoms with Gasteiger partial charge >= 0.3 is 0 Å². The highest BCUT2D eigenvalue weighted by molar-refractivity contribution is 5.77. The summed E-state index contributed by atoms with van der Waals surface area (Å²) in [5, 5.41) is 2.94. The van der Waals surface area contributed by atoms with E-state index >= 15 is 0 Å². The number of aryl methyl sites for hydroxylation is 2. The lowest BCUT2D eigenvalue weighted by Gasteiger charge is -2.34. The fourth-order valence-corrected chi connectivity index (χ4v) is 3.43. The number of rotatable bonds is 6. The molecule has 1 saturated heterocycles. The third kappa shape index (κ3) is 5.26. The van der Waals surface area contributed by atoms with E-state index in [4.69, 9.17) is 4.74 Å². The van der Waals surface area contributed by atoms with Crippen LogP contribution >= 0.6 is 0 Å². The molecule has 5 heteroatoms. The fourth-order valence-electron chi connectivity index (χ4n) is 3.43. The van der Waals surface area contributed by atoms with Gasteiger partial charge in [-0.2, -0.15) is 0 Å². The average molecular weight is 382 g/mol. The van der Waals surface area contributed by atoms with Gasteiger partial charge < -0.3 is 19.9 Å². The molecule has 0 radical (unpaired) electrons. The van der Waals surface area contributed by atoms with Crippen LogP contribution in [0.5, 0.6) is 5.75 Å². The summed E-state index contributed by atoms with van der Waals surface area (Å²) in [6.45, 7) is 11.0. The van der Waals surface area contributed by atoms with E-state index in [9.17, 15) is 4.79 Å². The van der Waals surface area contributed by atoms with Gasteiger partial charge in [-0.1, -0.05) is 18.2 Å². The van der Waals surface area contributed by atoms with Crippen LogP contribution < -0.4 is 15.0 Å². The molecule has 0 bridgehead atoms. The highest BCUT2D eigenvalue weighted by Gasteiger charge is 2.14. The summed E-state index contributed by atoms with van der Waals surface area (Å²) in [7, 11) is 2.16. The largest absolute Gasteiger partial charge is 0.483 e. The zero-order valence-corrected chi connectivity index (χ0v) is 17.4. The van der Waals surface area contributed by atoms with Crippen LogP contribution in [0.4, 0.5) is 5.69 Å². The maximum Gasteiger partial charge on any atom is 0.258 e. The van der Waals surface area contributed by atoms with E-state index in [-0.39, 0.29) is 12.5 Å². The Labute approximate surface area is 168 Å². The quantitative estimate of drug-likeness (QED) is 0.835. The van der Waals surface area contributed by atoms with Crippen LogP contribution in [0.3, 0.4) is 0 Å². The van der Waals surface area contributed by atoms with E-state index in [0.717, 1.165) is 48.6 Å². The Hall–Kier alpha value is -2.53. The molecule has 1 aliphatic rings. The SMILES string of the molecule is Cc1cc(C)c(C)c(OCC(=O)NCc2ccc(N3CCN(C)CC3)cc2)c1. The van der Waals surface area contributed by atoms with E-state index in [1.807, 2.05) is 19.9 Å². The molecule has 0 aliphatic carbocycles. The highest BCUT2D eigenvalue weighted by atomic mass is 16.5. The molecule has 0 spiro atoms. The lowest BCUT2D eigenvalue weighted by Crippen LogP contribution is -2.44. The maximum atomic E-state index is 12.2. The molecule has 28 heavy (non-hydrogen) atoms. The summed E-state index contributed by atoms with van der Waals surface area (Å²) < 4.78 is 5.73. The zero-order chi connectivity index (χ0) is 20.1. The molecule has 1 amide bonds. The molecule has 1 N–H and O–H groups in total. The second-order valence-corrected chi connectivity index (χ2v) is 7.73. The Kier molecular flexibility index (Phi) is 6.57. The number of likely N-dealkylation sites (N-methyl/N-ethyl adjacent to an activating group) is 1. The number of hydrogen-bond donors (Lipinski definition) is 1. The summed E-state index contributed by atoms with van der Waals surface area (Å²) in [5.41, 5.74) is 5.73. The van der Waals surface area contributed by atoms with E-state index in [0.29, 0.717) is 6.54 Å². The number of hydrogen-bond acceptors (Lipinski definition) is 4. The van der Waals surface area contributed by atoms with Gasteiger partial charge in [0.1, 0.15) is 5.75 Å². The van der Waals surface area contributed by atoms with Gasteiger partial charge in [0.15, 0.2) is 6.61 Å². The van der Waals surface area contributed by atoms with Gasteiger partial charge in [0.05, 0.1) is 0 Å². The van der Waals surface area contributed by atoms with Gasteiger partial charge in [0, 0.05) is 38.4 Å². The summed E-state index contributed by atoms with van der Waals surface area (Å²) in [4.78, 5) is 16.9. The molecule has 2 aromatic rings. The first-order chi connectivity index (χ1) is 13.4. The number of benzene rings is 2. The molecule has 0 atom stereocenters. The Balaban J connectivity index is 1.47. The van der Waals surface area contributed by atoms with Crippen LogP contribution in [0.15, 0.2) is 36.4 Å². The molecular formula is C23H31N3O2. The van der Waals surface area contributed by atoms with Crippen molar-refractivity contribution in [2.45, 2.75) is 27.3 Å². The molecule has 1 aliphatic heterocycles. The Morgan fingerprint density at radius 1 is 1.04 bits per heavy atom. The van der Waals surface area contributed by atoms with Gasteiger partial charge in [0.2, 0.25) is 0 Å².